The van der Waals surface area contributed by atoms with E-state index in [1.807, 2.05) is 72.8 Å². The molecule has 0 fully saturated rings. The van der Waals surface area contributed by atoms with Gasteiger partial charge in [-0.3, -0.25) is 53.9 Å². The summed E-state index contributed by atoms with van der Waals surface area (Å²) in [5.41, 5.74) is 5.31. The van der Waals surface area contributed by atoms with E-state index < -0.39 is 35.4 Å². The maximum absolute atomic E-state index is 15.0. The Morgan fingerprint density at radius 1 is 0.276 bits per heavy atom. The molecule has 76 heavy (non-hydrogen) atoms. The van der Waals surface area contributed by atoms with Gasteiger partial charge in [0.25, 0.3) is 41.0 Å². The van der Waals surface area contributed by atoms with Crippen molar-refractivity contribution < 1.29 is 28.8 Å². The molecule has 0 bridgehead atoms. The second-order valence-electron chi connectivity index (χ2n) is 20.6. The second-order valence-corrected chi connectivity index (χ2v) is 20.6. The normalized spacial score (nSPS) is 14.8. The van der Waals surface area contributed by atoms with E-state index in [1.54, 1.807) is 34.7 Å². The SMILES string of the molecule is O=C1NC(=O)c2ccc3c4cc(-c5cc6c7c(ccc8c9ccc%10c%11c(ccc(c5c78)c%119)C(=O)NC%10=O)C(=O)NC6=O)c5c6ccc7c(=O)n8c9ccccc9nc8c8ccc(c9ccc(c%10ccc1c2c%103)c4c95)c6c78. The summed E-state index contributed by atoms with van der Waals surface area (Å²) in [4.78, 5) is 103. The highest BCUT2D eigenvalue weighted by molar-refractivity contribution is 6.49. The van der Waals surface area contributed by atoms with E-state index in [-0.39, 0.29) is 5.56 Å². The summed E-state index contributed by atoms with van der Waals surface area (Å²) < 4.78 is 1.70. The molecule has 3 aliphatic rings. The fourth-order valence-electron chi connectivity index (χ4n) is 14.5. The van der Waals surface area contributed by atoms with Gasteiger partial charge >= 0.3 is 0 Å². The van der Waals surface area contributed by atoms with Crippen molar-refractivity contribution in [3.8, 4) is 11.1 Å². The molecule has 12 heteroatoms. The van der Waals surface area contributed by atoms with Crippen LogP contribution in [0.5, 0.6) is 0 Å². The van der Waals surface area contributed by atoms with Crippen LogP contribution in [0, 0.1) is 0 Å². The molecule has 348 valence electrons. The van der Waals surface area contributed by atoms with Crippen molar-refractivity contribution in [1.29, 1.82) is 0 Å². The molecule has 0 unspecified atom stereocenters. The lowest BCUT2D eigenvalue weighted by molar-refractivity contribution is 0.0828. The Morgan fingerprint density at radius 3 is 1.20 bits per heavy atom. The van der Waals surface area contributed by atoms with E-state index in [4.69, 9.17) is 4.98 Å². The number of nitrogens with zero attached hydrogens (tertiary/aromatic N) is 2. The van der Waals surface area contributed by atoms with Crippen LogP contribution < -0.4 is 21.5 Å². The highest BCUT2D eigenvalue weighted by Gasteiger charge is 2.35. The first-order valence-corrected chi connectivity index (χ1v) is 24.8. The minimum absolute atomic E-state index is 0.187. The first kappa shape index (κ1) is 38.9. The molecule has 16 aromatic rings. The lowest BCUT2D eigenvalue weighted by Gasteiger charge is -2.27. The third-order valence-corrected chi connectivity index (χ3v) is 17.4. The molecule has 0 radical (unpaired) electrons. The smallest absolute Gasteiger partial charge is 0.264 e. The standard InChI is InChI=1S/C64H25N5O7/c70-58-33-15-8-23-24-5-6-27-25-7-14-32-51-38(64(76)69-44-4-2-1-3-43(44)65-57(32)69)20-13-31(46(25)51)49-40(21-39(48(24)55(27)49)29-11-18-34(59(71)66-58)52(33)45(23)29)41-22-42-54-37(62(74)68-63(42)75)17-10-28-26-9-16-35-53-36(61(73)67-60(35)72)19-12-30(47(26)53)50(41)56(28)54/h1-22H,(H,66,70,71)(H,67,72,73)(H,68,74,75). The van der Waals surface area contributed by atoms with Gasteiger partial charge in [0.2, 0.25) is 0 Å². The van der Waals surface area contributed by atoms with Crippen molar-refractivity contribution in [3.05, 3.63) is 177 Å². The second kappa shape index (κ2) is 12.4. The highest BCUT2D eigenvalue weighted by Crippen LogP contribution is 2.55. The first-order valence-electron chi connectivity index (χ1n) is 24.8. The lowest BCUT2D eigenvalue weighted by atomic mass is 9.77. The average molecular weight is 976 g/mol. The number of imidazole rings is 1. The summed E-state index contributed by atoms with van der Waals surface area (Å²) in [5.74, 6) is -3.03. The number of imide groups is 3. The Balaban J connectivity index is 1.10. The number of carbonyl (C=O) groups is 6. The summed E-state index contributed by atoms with van der Waals surface area (Å²) in [6.07, 6.45) is 0. The zero-order valence-electron chi connectivity index (χ0n) is 39.0. The minimum atomic E-state index is -0.555. The van der Waals surface area contributed by atoms with Gasteiger partial charge in [-0.15, -0.1) is 0 Å². The Kier molecular flexibility index (Phi) is 6.33. The summed E-state index contributed by atoms with van der Waals surface area (Å²) >= 11 is 0. The number of benzene rings is 14. The maximum Gasteiger partial charge on any atom is 0.264 e. The molecule has 0 spiro atoms. The van der Waals surface area contributed by atoms with Crippen molar-refractivity contribution in [2.24, 2.45) is 0 Å². The molecule has 3 aliphatic heterocycles. The molecule has 0 aliphatic carbocycles. The van der Waals surface area contributed by atoms with Crippen molar-refractivity contribution >= 4 is 181 Å². The van der Waals surface area contributed by atoms with Crippen LogP contribution in [0.4, 0.5) is 0 Å². The number of fused-ring (bicyclic) bond motifs is 10. The number of hydrogen-bond acceptors (Lipinski definition) is 8. The molecule has 0 saturated heterocycles. The van der Waals surface area contributed by atoms with Crippen molar-refractivity contribution in [2.75, 3.05) is 0 Å². The third kappa shape index (κ3) is 4.11. The molecular formula is C64H25N5O7. The number of para-hydroxylation sites is 2. The van der Waals surface area contributed by atoms with E-state index in [0.717, 1.165) is 91.7 Å². The van der Waals surface area contributed by atoms with E-state index in [2.05, 4.69) is 46.3 Å². The number of pyridine rings is 1. The number of nitrogens with one attached hydrogen (secondary N) is 3. The summed E-state index contributed by atoms with van der Waals surface area (Å²) in [7, 11) is 0. The molecule has 6 amide bonds. The Hall–Kier alpha value is -10.7. The van der Waals surface area contributed by atoms with Gasteiger partial charge in [0, 0.05) is 65.7 Å². The number of hydrogen-bond donors (Lipinski definition) is 3. The van der Waals surface area contributed by atoms with Crippen LogP contribution in [0.1, 0.15) is 62.1 Å². The van der Waals surface area contributed by atoms with Gasteiger partial charge in [-0.2, -0.15) is 0 Å². The van der Waals surface area contributed by atoms with Crippen molar-refractivity contribution in [3.63, 3.8) is 0 Å². The van der Waals surface area contributed by atoms with Crippen molar-refractivity contribution in [2.45, 2.75) is 0 Å². The van der Waals surface area contributed by atoms with Crippen LogP contribution in [0.3, 0.4) is 0 Å². The molecule has 2 aromatic heterocycles. The van der Waals surface area contributed by atoms with Crippen LogP contribution in [0.25, 0.3) is 157 Å². The van der Waals surface area contributed by atoms with Crippen LogP contribution in [-0.4, -0.2) is 44.8 Å². The summed E-state index contributed by atoms with van der Waals surface area (Å²) in [5, 5.41) is 26.1. The maximum atomic E-state index is 15.0. The van der Waals surface area contributed by atoms with E-state index in [1.165, 1.54) is 0 Å². The van der Waals surface area contributed by atoms with Gasteiger partial charge < -0.3 is 0 Å². The molecule has 12 nitrogen and oxygen atoms in total. The predicted molar refractivity (Wildman–Crippen MR) is 295 cm³/mol. The van der Waals surface area contributed by atoms with E-state index in [0.29, 0.717) is 98.7 Å². The van der Waals surface area contributed by atoms with Gasteiger partial charge in [-0.05, 0) is 175 Å². The summed E-state index contributed by atoms with van der Waals surface area (Å²) in [6, 6.07) is 42.4. The molecule has 0 atom stereocenters. The first-order chi connectivity index (χ1) is 37.1. The summed E-state index contributed by atoms with van der Waals surface area (Å²) in [6.45, 7) is 0. The van der Waals surface area contributed by atoms with E-state index >= 15 is 0 Å². The fourth-order valence-corrected chi connectivity index (χ4v) is 14.5. The van der Waals surface area contributed by atoms with Gasteiger partial charge in [0.05, 0.1) is 11.0 Å². The zero-order chi connectivity index (χ0) is 50.2. The van der Waals surface area contributed by atoms with Gasteiger partial charge in [0.1, 0.15) is 5.65 Å². The predicted octanol–water partition coefficient (Wildman–Crippen LogP) is 11.8. The van der Waals surface area contributed by atoms with Crippen molar-refractivity contribution in [1.82, 2.24) is 25.3 Å². The molecule has 19 rings (SSSR count). The van der Waals surface area contributed by atoms with Crippen LogP contribution >= 0.6 is 0 Å². The van der Waals surface area contributed by atoms with Crippen LogP contribution in [0.2, 0.25) is 0 Å². The number of carbonyl (C=O) groups excluding carboxylic acids is 6. The van der Waals surface area contributed by atoms with Gasteiger partial charge in [-0.1, -0.05) is 66.7 Å². The van der Waals surface area contributed by atoms with Crippen LogP contribution in [-0.2, 0) is 0 Å². The number of amides is 6. The molecule has 0 saturated carbocycles. The average Bonchev–Trinajstić information content (AvgIpc) is 3.85. The Labute approximate surface area is 422 Å². The van der Waals surface area contributed by atoms with Gasteiger partial charge in [-0.25, -0.2) is 4.98 Å². The molecule has 3 N–H and O–H groups in total. The van der Waals surface area contributed by atoms with Crippen LogP contribution in [0.15, 0.2) is 138 Å². The Bertz CT molecular complexity index is 5790. The monoisotopic (exact) mass is 975 g/mol. The zero-order valence-corrected chi connectivity index (χ0v) is 39.0. The Morgan fingerprint density at radius 2 is 0.632 bits per heavy atom. The largest absolute Gasteiger partial charge is 0.288 e. The topological polar surface area (TPSA) is 173 Å². The fraction of sp³-hybridized carbons (Fsp3) is 0. The number of rotatable bonds is 1. The molecule has 14 aromatic carbocycles. The van der Waals surface area contributed by atoms with E-state index in [9.17, 15) is 33.6 Å². The molecule has 5 heterocycles. The minimum Gasteiger partial charge on any atom is -0.288 e. The molecular weight excluding hydrogens is 951 g/mol. The quantitative estimate of drug-likeness (QED) is 0.0828. The third-order valence-electron chi connectivity index (χ3n) is 17.4. The lowest BCUT2D eigenvalue weighted by Crippen LogP contribution is -2.35. The van der Waals surface area contributed by atoms with Gasteiger partial charge in [0.15, 0.2) is 0 Å². The number of aromatic nitrogens is 2. The highest BCUT2D eigenvalue weighted by atomic mass is 16.2.